The lowest BCUT2D eigenvalue weighted by Gasteiger charge is -2.14. The fraction of sp³-hybridized carbons (Fsp3) is 0.444. The first kappa shape index (κ1) is 16.9. The second-order valence-corrected chi connectivity index (χ2v) is 6.32. The van der Waals surface area contributed by atoms with Gasteiger partial charge in [0.15, 0.2) is 0 Å². The van der Waals surface area contributed by atoms with E-state index in [1.165, 1.54) is 16.9 Å². The summed E-state index contributed by atoms with van der Waals surface area (Å²) in [5.41, 5.74) is 2.33. The summed E-state index contributed by atoms with van der Waals surface area (Å²) in [5, 5.41) is 0. The molecule has 0 fully saturated rings. The van der Waals surface area contributed by atoms with Crippen LogP contribution in [0.1, 0.15) is 44.7 Å². The molecule has 20 heavy (non-hydrogen) atoms. The van der Waals surface area contributed by atoms with Gasteiger partial charge in [0.2, 0.25) is 0 Å². The fourth-order valence-electron chi connectivity index (χ4n) is 1.91. The molecule has 0 heterocycles. The molecule has 0 saturated carbocycles. The van der Waals surface area contributed by atoms with Crippen LogP contribution in [0, 0.1) is 12.8 Å². The molecule has 0 bridgehead atoms. The third-order valence-corrected chi connectivity index (χ3v) is 4.53. The van der Waals surface area contributed by atoms with E-state index in [0.717, 1.165) is 22.6 Å². The van der Waals surface area contributed by atoms with Gasteiger partial charge in [-0.1, -0.05) is 63.2 Å². The minimum Gasteiger partial charge on any atom is -0.496 e. The highest BCUT2D eigenvalue weighted by atomic mass is 32.2. The summed E-state index contributed by atoms with van der Waals surface area (Å²) >= 11 is 1.77. The van der Waals surface area contributed by atoms with Crippen LogP contribution in [0.5, 0.6) is 5.75 Å². The fourth-order valence-corrected chi connectivity index (χ4v) is 2.94. The van der Waals surface area contributed by atoms with Gasteiger partial charge in [0.05, 0.1) is 7.11 Å². The highest BCUT2D eigenvalue weighted by Crippen LogP contribution is 2.38. The van der Waals surface area contributed by atoms with Gasteiger partial charge in [-0.2, -0.15) is 0 Å². The van der Waals surface area contributed by atoms with Crippen LogP contribution in [0.4, 0.5) is 0 Å². The molecule has 1 aromatic rings. The van der Waals surface area contributed by atoms with Crippen molar-refractivity contribution in [2.24, 2.45) is 5.92 Å². The normalized spacial score (nSPS) is 13.2. The van der Waals surface area contributed by atoms with Crippen LogP contribution in [0.3, 0.4) is 0 Å². The van der Waals surface area contributed by atoms with Crippen molar-refractivity contribution in [3.63, 3.8) is 0 Å². The van der Waals surface area contributed by atoms with E-state index in [2.05, 4.69) is 52.5 Å². The van der Waals surface area contributed by atoms with Gasteiger partial charge in [-0.05, 0) is 36.3 Å². The van der Waals surface area contributed by atoms with Gasteiger partial charge in [0.1, 0.15) is 5.75 Å². The van der Waals surface area contributed by atoms with Gasteiger partial charge in [-0.25, -0.2) is 0 Å². The van der Waals surface area contributed by atoms with E-state index in [4.69, 9.17) is 4.74 Å². The van der Waals surface area contributed by atoms with Crippen LogP contribution < -0.4 is 4.74 Å². The van der Waals surface area contributed by atoms with Crippen molar-refractivity contribution in [1.82, 2.24) is 0 Å². The van der Waals surface area contributed by atoms with Crippen LogP contribution >= 0.6 is 11.8 Å². The highest BCUT2D eigenvalue weighted by molar-refractivity contribution is 8.11. The first-order valence-corrected chi connectivity index (χ1v) is 8.05. The van der Waals surface area contributed by atoms with E-state index in [0.29, 0.717) is 5.92 Å². The maximum atomic E-state index is 5.45. The Balaban J connectivity index is 2.95. The molecule has 0 N–H and O–H groups in total. The third-order valence-electron chi connectivity index (χ3n) is 3.37. The Morgan fingerprint density at radius 2 is 2.10 bits per heavy atom. The van der Waals surface area contributed by atoms with Gasteiger partial charge in [-0.3, -0.25) is 0 Å². The van der Waals surface area contributed by atoms with Gasteiger partial charge < -0.3 is 4.74 Å². The molecule has 110 valence electrons. The SMILES string of the molecule is C=C(S/C(=C\C(C)CC)CC)c1cc(C)ccc1OC. The number of aryl methyl sites for hydroxylation is 1. The number of benzene rings is 1. The van der Waals surface area contributed by atoms with Crippen LogP contribution in [-0.2, 0) is 0 Å². The molecule has 0 amide bonds. The summed E-state index contributed by atoms with van der Waals surface area (Å²) in [7, 11) is 1.71. The smallest absolute Gasteiger partial charge is 0.127 e. The zero-order valence-corrected chi connectivity index (χ0v) is 14.1. The van der Waals surface area contributed by atoms with Crippen molar-refractivity contribution in [3.05, 3.63) is 46.9 Å². The van der Waals surface area contributed by atoms with Gasteiger partial charge in [0.25, 0.3) is 0 Å². The maximum Gasteiger partial charge on any atom is 0.127 e. The van der Waals surface area contributed by atoms with Gasteiger partial charge in [0, 0.05) is 10.5 Å². The Morgan fingerprint density at radius 3 is 2.65 bits per heavy atom. The molecule has 0 saturated heterocycles. The molecule has 1 rings (SSSR count). The Kier molecular flexibility index (Phi) is 6.94. The first-order chi connectivity index (χ1) is 9.51. The second-order valence-electron chi connectivity index (χ2n) is 5.10. The van der Waals surface area contributed by atoms with Crippen LogP contribution in [0.2, 0.25) is 0 Å². The molecular formula is C18H26OS. The largest absolute Gasteiger partial charge is 0.496 e. The maximum absolute atomic E-state index is 5.45. The number of hydrogen-bond acceptors (Lipinski definition) is 2. The van der Waals surface area contributed by atoms with E-state index in [-0.39, 0.29) is 0 Å². The minimum absolute atomic E-state index is 0.615. The molecule has 1 nitrogen and oxygen atoms in total. The summed E-state index contributed by atoms with van der Waals surface area (Å²) in [4.78, 5) is 2.44. The molecule has 1 unspecified atom stereocenters. The van der Waals surface area contributed by atoms with E-state index >= 15 is 0 Å². The number of allylic oxidation sites excluding steroid dienone is 2. The third kappa shape index (κ3) is 4.75. The molecule has 1 atom stereocenters. The van der Waals surface area contributed by atoms with E-state index < -0.39 is 0 Å². The van der Waals surface area contributed by atoms with Crippen molar-refractivity contribution in [3.8, 4) is 5.75 Å². The lowest BCUT2D eigenvalue weighted by Crippen LogP contribution is -1.92. The number of hydrogen-bond donors (Lipinski definition) is 0. The second kappa shape index (κ2) is 8.21. The Morgan fingerprint density at radius 1 is 1.40 bits per heavy atom. The predicted octanol–water partition coefficient (Wildman–Crippen LogP) is 6.05. The molecule has 2 heteroatoms. The summed E-state index contributed by atoms with van der Waals surface area (Å²) in [6.45, 7) is 13.0. The summed E-state index contributed by atoms with van der Waals surface area (Å²) in [5.74, 6) is 1.51. The van der Waals surface area contributed by atoms with E-state index in [1.807, 2.05) is 6.07 Å². The highest BCUT2D eigenvalue weighted by Gasteiger charge is 2.10. The molecule has 0 spiro atoms. The molecule has 0 aromatic heterocycles. The Hall–Kier alpha value is -1.15. The molecule has 0 aliphatic carbocycles. The molecule has 0 aliphatic heterocycles. The number of ether oxygens (including phenoxy) is 1. The zero-order valence-electron chi connectivity index (χ0n) is 13.3. The number of rotatable bonds is 7. The van der Waals surface area contributed by atoms with Crippen molar-refractivity contribution in [2.45, 2.75) is 40.5 Å². The quantitative estimate of drug-likeness (QED) is 0.604. The molecule has 1 aromatic carbocycles. The monoisotopic (exact) mass is 290 g/mol. The molecular weight excluding hydrogens is 264 g/mol. The van der Waals surface area contributed by atoms with Crippen molar-refractivity contribution in [1.29, 1.82) is 0 Å². The number of thioether (sulfide) groups is 1. The lowest BCUT2D eigenvalue weighted by atomic mass is 10.1. The first-order valence-electron chi connectivity index (χ1n) is 7.24. The predicted molar refractivity (Wildman–Crippen MR) is 92.2 cm³/mol. The average molecular weight is 290 g/mol. The van der Waals surface area contributed by atoms with Gasteiger partial charge in [-0.15, -0.1) is 0 Å². The minimum atomic E-state index is 0.615. The topological polar surface area (TPSA) is 9.23 Å². The van der Waals surface area contributed by atoms with Gasteiger partial charge >= 0.3 is 0 Å². The van der Waals surface area contributed by atoms with Crippen molar-refractivity contribution >= 4 is 16.7 Å². The van der Waals surface area contributed by atoms with E-state index in [1.54, 1.807) is 18.9 Å². The summed E-state index contributed by atoms with van der Waals surface area (Å²) in [6, 6.07) is 6.22. The average Bonchev–Trinajstić information content (AvgIpc) is 2.45. The standard InChI is InChI=1S/C18H26OS/c1-7-13(3)11-16(8-2)20-15(5)17-12-14(4)9-10-18(17)19-6/h9-13H,5,7-8H2,1-4,6H3/b16-11-. The number of methoxy groups -OCH3 is 1. The summed E-state index contributed by atoms with van der Waals surface area (Å²) in [6.07, 6.45) is 4.57. The van der Waals surface area contributed by atoms with Crippen LogP contribution in [0.25, 0.3) is 4.91 Å². The molecule has 0 radical (unpaired) electrons. The zero-order chi connectivity index (χ0) is 15.1. The Bertz CT molecular complexity index is 488. The van der Waals surface area contributed by atoms with E-state index in [9.17, 15) is 0 Å². The van der Waals surface area contributed by atoms with Crippen LogP contribution in [0.15, 0.2) is 35.8 Å². The lowest BCUT2D eigenvalue weighted by molar-refractivity contribution is 0.413. The van der Waals surface area contributed by atoms with Crippen molar-refractivity contribution < 1.29 is 4.74 Å². The Labute approximate surface area is 128 Å². The molecule has 0 aliphatic rings. The van der Waals surface area contributed by atoms with Crippen LogP contribution in [-0.4, -0.2) is 7.11 Å². The summed E-state index contributed by atoms with van der Waals surface area (Å²) < 4.78 is 5.45. The van der Waals surface area contributed by atoms with Crippen molar-refractivity contribution in [2.75, 3.05) is 7.11 Å².